The first-order valence-corrected chi connectivity index (χ1v) is 10.8. The first-order valence-electron chi connectivity index (χ1n) is 10.1. The van der Waals surface area contributed by atoms with Gasteiger partial charge >= 0.3 is 12.1 Å². The maximum absolute atomic E-state index is 13.4. The Balaban J connectivity index is 1.97. The molecule has 1 unspecified atom stereocenters. The van der Waals surface area contributed by atoms with Crippen molar-refractivity contribution in [3.8, 4) is 0 Å². The van der Waals surface area contributed by atoms with Gasteiger partial charge in [-0.3, -0.25) is 10.1 Å². The molecule has 31 heavy (non-hydrogen) atoms. The van der Waals surface area contributed by atoms with E-state index < -0.39 is 17.7 Å². The standard InChI is InChI=1S/C22H26Cl2N4O3/c1-4-5-12-26-21(30)27(18-11-7-9-16(24)14-18)19(22(26,2)3)28(31)20(29)25-17-10-6-8-15(23)13-17/h6-11,13-14,19,31H,4-5,12H2,1-3H3,(H,25,29). The highest BCUT2D eigenvalue weighted by Gasteiger charge is 2.55. The number of carbonyl (C=O) groups is 2. The number of unbranched alkanes of at least 4 members (excludes halogenated alkanes) is 1. The number of nitrogens with one attached hydrogen (secondary N) is 1. The first-order chi connectivity index (χ1) is 14.7. The molecule has 2 N–H and O–H groups in total. The molecule has 9 heteroatoms. The van der Waals surface area contributed by atoms with Crippen molar-refractivity contribution in [1.29, 1.82) is 0 Å². The van der Waals surface area contributed by atoms with Crippen molar-refractivity contribution in [2.45, 2.75) is 45.3 Å². The Morgan fingerprint density at radius 2 is 1.81 bits per heavy atom. The number of amides is 4. The van der Waals surface area contributed by atoms with Crippen molar-refractivity contribution in [3.05, 3.63) is 58.6 Å². The number of rotatable bonds is 6. The lowest BCUT2D eigenvalue weighted by molar-refractivity contribution is -0.0949. The second-order valence-electron chi connectivity index (χ2n) is 7.95. The summed E-state index contributed by atoms with van der Waals surface area (Å²) in [6, 6.07) is 12.3. The summed E-state index contributed by atoms with van der Waals surface area (Å²) in [4.78, 5) is 29.4. The van der Waals surface area contributed by atoms with Gasteiger partial charge in [0.15, 0.2) is 6.17 Å². The number of urea groups is 2. The zero-order chi connectivity index (χ0) is 22.8. The predicted molar refractivity (Wildman–Crippen MR) is 123 cm³/mol. The molecule has 1 heterocycles. The molecule has 1 aliphatic heterocycles. The fourth-order valence-electron chi connectivity index (χ4n) is 3.78. The molecule has 0 radical (unpaired) electrons. The van der Waals surface area contributed by atoms with E-state index in [2.05, 4.69) is 5.32 Å². The molecule has 2 aromatic rings. The molecule has 0 aromatic heterocycles. The van der Waals surface area contributed by atoms with Crippen molar-refractivity contribution in [1.82, 2.24) is 9.96 Å². The van der Waals surface area contributed by atoms with Gasteiger partial charge < -0.3 is 10.2 Å². The zero-order valence-corrected chi connectivity index (χ0v) is 19.2. The average Bonchev–Trinajstić information content (AvgIpc) is 2.90. The van der Waals surface area contributed by atoms with Crippen LogP contribution in [0.4, 0.5) is 21.0 Å². The van der Waals surface area contributed by atoms with Crippen LogP contribution in [0.3, 0.4) is 0 Å². The minimum atomic E-state index is -0.991. The molecule has 4 amide bonds. The van der Waals surface area contributed by atoms with Gasteiger partial charge in [0.05, 0.1) is 5.54 Å². The van der Waals surface area contributed by atoms with E-state index in [1.165, 1.54) is 4.90 Å². The van der Waals surface area contributed by atoms with Gasteiger partial charge in [0.2, 0.25) is 0 Å². The number of carbonyl (C=O) groups excluding carboxylic acids is 2. The van der Waals surface area contributed by atoms with Crippen LogP contribution in [0.2, 0.25) is 10.0 Å². The van der Waals surface area contributed by atoms with Gasteiger partial charge in [-0.05, 0) is 56.7 Å². The summed E-state index contributed by atoms with van der Waals surface area (Å²) in [6.07, 6.45) is 0.708. The summed E-state index contributed by atoms with van der Waals surface area (Å²) >= 11 is 12.1. The monoisotopic (exact) mass is 464 g/mol. The van der Waals surface area contributed by atoms with E-state index in [0.717, 1.165) is 12.8 Å². The summed E-state index contributed by atoms with van der Waals surface area (Å²) in [5.74, 6) is 0. The third-order valence-electron chi connectivity index (χ3n) is 5.35. The van der Waals surface area contributed by atoms with Crippen molar-refractivity contribution in [2.24, 2.45) is 0 Å². The normalized spacial score (nSPS) is 17.7. The second-order valence-corrected chi connectivity index (χ2v) is 8.82. The minimum absolute atomic E-state index is 0.305. The minimum Gasteiger partial charge on any atom is -0.315 e. The van der Waals surface area contributed by atoms with Crippen LogP contribution in [-0.4, -0.2) is 45.5 Å². The van der Waals surface area contributed by atoms with Crippen LogP contribution < -0.4 is 10.2 Å². The van der Waals surface area contributed by atoms with Crippen LogP contribution in [0.15, 0.2) is 48.5 Å². The number of nitrogens with zero attached hydrogens (tertiary/aromatic N) is 3. The number of benzene rings is 2. The maximum Gasteiger partial charge on any atom is 0.347 e. The van der Waals surface area contributed by atoms with E-state index in [4.69, 9.17) is 23.2 Å². The highest BCUT2D eigenvalue weighted by molar-refractivity contribution is 6.31. The molecular formula is C22H26Cl2N4O3. The van der Waals surface area contributed by atoms with Crippen LogP contribution in [0.25, 0.3) is 0 Å². The molecule has 3 rings (SSSR count). The molecule has 1 fully saturated rings. The van der Waals surface area contributed by atoms with Crippen LogP contribution in [0.1, 0.15) is 33.6 Å². The molecule has 1 saturated heterocycles. The molecule has 0 bridgehead atoms. The van der Waals surface area contributed by atoms with Crippen LogP contribution >= 0.6 is 23.2 Å². The Morgan fingerprint density at radius 1 is 1.16 bits per heavy atom. The van der Waals surface area contributed by atoms with Gasteiger partial charge in [0, 0.05) is 28.0 Å². The molecule has 0 aliphatic carbocycles. The van der Waals surface area contributed by atoms with Gasteiger partial charge in [0.1, 0.15) is 0 Å². The highest BCUT2D eigenvalue weighted by atomic mass is 35.5. The molecule has 1 aliphatic rings. The maximum atomic E-state index is 13.4. The van der Waals surface area contributed by atoms with Crippen LogP contribution in [-0.2, 0) is 0 Å². The summed E-state index contributed by atoms with van der Waals surface area (Å²) < 4.78 is 0. The van der Waals surface area contributed by atoms with Crippen molar-refractivity contribution in [3.63, 3.8) is 0 Å². The predicted octanol–water partition coefficient (Wildman–Crippen LogP) is 6.06. The average molecular weight is 465 g/mol. The van der Waals surface area contributed by atoms with Gasteiger partial charge in [0.25, 0.3) is 0 Å². The second kappa shape index (κ2) is 9.34. The number of halogens is 2. The molecule has 2 aromatic carbocycles. The van der Waals surface area contributed by atoms with Crippen molar-refractivity contribution < 1.29 is 14.8 Å². The fourth-order valence-corrected chi connectivity index (χ4v) is 4.16. The summed E-state index contributed by atoms with van der Waals surface area (Å²) in [6.45, 7) is 6.19. The van der Waals surface area contributed by atoms with Gasteiger partial charge in [-0.2, -0.15) is 5.06 Å². The third-order valence-corrected chi connectivity index (χ3v) is 5.82. The van der Waals surface area contributed by atoms with E-state index >= 15 is 0 Å². The van der Waals surface area contributed by atoms with Crippen molar-refractivity contribution >= 4 is 46.6 Å². The molecule has 0 saturated carbocycles. The lowest BCUT2D eigenvalue weighted by Gasteiger charge is -2.38. The van der Waals surface area contributed by atoms with E-state index in [-0.39, 0.29) is 6.03 Å². The summed E-state index contributed by atoms with van der Waals surface area (Å²) in [5, 5.41) is 15.1. The molecular weight excluding hydrogens is 439 g/mol. The summed E-state index contributed by atoms with van der Waals surface area (Å²) in [5.41, 5.74) is 0.0367. The number of hydroxylamine groups is 2. The first kappa shape index (κ1) is 23.2. The van der Waals surface area contributed by atoms with Gasteiger partial charge in [-0.25, -0.2) is 9.59 Å². The third kappa shape index (κ3) is 4.74. The Morgan fingerprint density at radius 3 is 2.42 bits per heavy atom. The van der Waals surface area contributed by atoms with Crippen LogP contribution in [0.5, 0.6) is 0 Å². The van der Waals surface area contributed by atoms with E-state index in [1.807, 2.05) is 20.8 Å². The SMILES string of the molecule is CCCCN1C(=O)N(c2cccc(Cl)c2)C(N(O)C(=O)Nc2cccc(Cl)c2)C1(C)C. The Kier molecular flexibility index (Phi) is 6.99. The largest absolute Gasteiger partial charge is 0.347 e. The van der Waals surface area contributed by atoms with Crippen molar-refractivity contribution in [2.75, 3.05) is 16.8 Å². The molecule has 0 spiro atoms. The number of anilines is 2. The van der Waals surface area contributed by atoms with E-state index in [9.17, 15) is 14.8 Å². The van der Waals surface area contributed by atoms with Gasteiger partial charge in [-0.15, -0.1) is 0 Å². The number of hydrogen-bond acceptors (Lipinski definition) is 3. The Bertz CT molecular complexity index is 969. The quantitative estimate of drug-likeness (QED) is 0.402. The smallest absolute Gasteiger partial charge is 0.315 e. The lowest BCUT2D eigenvalue weighted by Crippen LogP contribution is -2.58. The Labute approximate surface area is 192 Å². The fraction of sp³-hybridized carbons (Fsp3) is 0.364. The lowest BCUT2D eigenvalue weighted by atomic mass is 9.99. The molecule has 166 valence electrons. The Hall–Kier alpha value is -2.48. The van der Waals surface area contributed by atoms with E-state index in [1.54, 1.807) is 53.4 Å². The van der Waals surface area contributed by atoms with Gasteiger partial charge in [-0.1, -0.05) is 48.7 Å². The van der Waals surface area contributed by atoms with Crippen LogP contribution in [0, 0.1) is 0 Å². The van der Waals surface area contributed by atoms with E-state index in [0.29, 0.717) is 33.0 Å². The number of hydrogen-bond donors (Lipinski definition) is 2. The molecule has 1 atom stereocenters. The summed E-state index contributed by atoms with van der Waals surface area (Å²) in [7, 11) is 0. The molecule has 7 nitrogen and oxygen atoms in total. The zero-order valence-electron chi connectivity index (χ0n) is 17.7. The highest BCUT2D eigenvalue weighted by Crippen LogP contribution is 2.38. The topological polar surface area (TPSA) is 76.1 Å².